The number of rotatable bonds is 4. The Bertz CT molecular complexity index is 1230. The molecule has 0 aliphatic rings. The van der Waals surface area contributed by atoms with Gasteiger partial charge in [0.2, 0.25) is 5.96 Å². The Hall–Kier alpha value is -3.78. The standard InChI is InChI=1S/C21H19ClN8/c1-24-21(26-13-23)27-18-11-15(6-8-25-18)16-7-9-30-19(28-29-20(30)12-16)10-14-2-4-17(22)5-3-14/h2-9,11-13H,10H2,1H3,(H3,23,24,25,26,27). The highest BCUT2D eigenvalue weighted by atomic mass is 35.5. The third-order valence-corrected chi connectivity index (χ3v) is 4.75. The van der Waals surface area contributed by atoms with Crippen LogP contribution in [0.15, 0.2) is 70.9 Å². The first kappa shape index (κ1) is 19.5. The maximum atomic E-state index is 5.97. The number of pyridine rings is 2. The zero-order valence-electron chi connectivity index (χ0n) is 16.2. The first-order valence-electron chi connectivity index (χ1n) is 9.19. The van der Waals surface area contributed by atoms with Gasteiger partial charge in [-0.05, 0) is 53.1 Å². The number of halogens is 1. The molecule has 4 rings (SSSR count). The van der Waals surface area contributed by atoms with Crippen LogP contribution in [0.5, 0.6) is 0 Å². The van der Waals surface area contributed by atoms with Crippen molar-refractivity contribution in [2.45, 2.75) is 6.42 Å². The van der Waals surface area contributed by atoms with Crippen LogP contribution in [-0.2, 0) is 6.42 Å². The van der Waals surface area contributed by atoms with Crippen LogP contribution in [0.4, 0.5) is 5.82 Å². The van der Waals surface area contributed by atoms with E-state index < -0.39 is 0 Å². The van der Waals surface area contributed by atoms with Crippen molar-refractivity contribution in [3.05, 3.63) is 77.3 Å². The predicted octanol–water partition coefficient (Wildman–Crippen LogP) is 3.42. The van der Waals surface area contributed by atoms with Crippen LogP contribution in [0.25, 0.3) is 16.8 Å². The van der Waals surface area contributed by atoms with Gasteiger partial charge in [0.1, 0.15) is 11.6 Å². The molecule has 3 N–H and O–H groups in total. The molecule has 8 nitrogen and oxygen atoms in total. The Morgan fingerprint density at radius 3 is 2.70 bits per heavy atom. The number of hydrogen-bond donors (Lipinski definition) is 2. The molecule has 9 heteroatoms. The van der Waals surface area contributed by atoms with Crippen molar-refractivity contribution < 1.29 is 0 Å². The largest absolute Gasteiger partial charge is 0.390 e. The molecule has 0 spiro atoms. The Morgan fingerprint density at radius 1 is 1.13 bits per heavy atom. The normalized spacial score (nSPS) is 12.0. The van der Waals surface area contributed by atoms with Gasteiger partial charge in [0, 0.05) is 30.9 Å². The number of hydrogen-bond acceptors (Lipinski definition) is 4. The lowest BCUT2D eigenvalue weighted by Crippen LogP contribution is -2.11. The molecule has 0 fully saturated rings. The molecule has 3 heterocycles. The number of nitrogens with two attached hydrogens (primary N) is 1. The number of benzene rings is 1. The lowest BCUT2D eigenvalue weighted by atomic mass is 10.1. The minimum atomic E-state index is 0.377. The van der Waals surface area contributed by atoms with Gasteiger partial charge in [0.15, 0.2) is 5.65 Å². The summed E-state index contributed by atoms with van der Waals surface area (Å²) in [6.45, 7) is 0. The Kier molecular flexibility index (Phi) is 5.67. The van der Waals surface area contributed by atoms with Crippen molar-refractivity contribution in [2.75, 3.05) is 12.4 Å². The summed E-state index contributed by atoms with van der Waals surface area (Å²) in [6.07, 6.45) is 5.54. The van der Waals surface area contributed by atoms with Gasteiger partial charge in [-0.1, -0.05) is 23.7 Å². The zero-order valence-corrected chi connectivity index (χ0v) is 17.0. The summed E-state index contributed by atoms with van der Waals surface area (Å²) in [6, 6.07) is 15.6. The highest BCUT2D eigenvalue weighted by Gasteiger charge is 2.09. The molecule has 0 amide bonds. The Morgan fingerprint density at radius 2 is 1.93 bits per heavy atom. The maximum absolute atomic E-state index is 5.97. The van der Waals surface area contributed by atoms with E-state index in [1.807, 2.05) is 59.1 Å². The second-order valence-electron chi connectivity index (χ2n) is 6.44. The average Bonchev–Trinajstić information content (AvgIpc) is 3.17. The van der Waals surface area contributed by atoms with Gasteiger partial charge in [-0.25, -0.2) is 9.98 Å². The van der Waals surface area contributed by atoms with Crippen molar-refractivity contribution in [1.29, 1.82) is 0 Å². The van der Waals surface area contributed by atoms with Gasteiger partial charge >= 0.3 is 0 Å². The van der Waals surface area contributed by atoms with E-state index in [-0.39, 0.29) is 0 Å². The van der Waals surface area contributed by atoms with Crippen LogP contribution in [0.3, 0.4) is 0 Å². The lowest BCUT2D eigenvalue weighted by molar-refractivity contribution is 0.935. The lowest BCUT2D eigenvalue weighted by Gasteiger charge is -2.07. The van der Waals surface area contributed by atoms with E-state index in [1.165, 1.54) is 6.34 Å². The van der Waals surface area contributed by atoms with Crippen molar-refractivity contribution in [3.63, 3.8) is 0 Å². The minimum absolute atomic E-state index is 0.377. The van der Waals surface area contributed by atoms with E-state index in [0.29, 0.717) is 23.2 Å². The van der Waals surface area contributed by atoms with Crippen LogP contribution in [-0.4, -0.2) is 38.9 Å². The summed E-state index contributed by atoms with van der Waals surface area (Å²) in [4.78, 5) is 12.3. The molecule has 0 bridgehead atoms. The third-order valence-electron chi connectivity index (χ3n) is 4.50. The van der Waals surface area contributed by atoms with E-state index in [2.05, 4.69) is 30.5 Å². The summed E-state index contributed by atoms with van der Waals surface area (Å²) < 4.78 is 1.98. The smallest absolute Gasteiger partial charge is 0.224 e. The minimum Gasteiger partial charge on any atom is -0.390 e. The van der Waals surface area contributed by atoms with Crippen molar-refractivity contribution in [1.82, 2.24) is 19.6 Å². The zero-order chi connectivity index (χ0) is 20.9. The monoisotopic (exact) mass is 418 g/mol. The fraction of sp³-hybridized carbons (Fsp3) is 0.0952. The molecule has 0 saturated heterocycles. The quantitative estimate of drug-likeness (QED) is 0.390. The molecule has 0 unspecified atom stereocenters. The highest BCUT2D eigenvalue weighted by molar-refractivity contribution is 6.30. The highest BCUT2D eigenvalue weighted by Crippen LogP contribution is 2.23. The molecule has 1 aromatic carbocycles. The SMILES string of the molecule is CN=C(N=CN)Nc1cc(-c2ccn3c(Cc4ccc(Cl)cc4)nnc3c2)ccn1. The summed E-state index contributed by atoms with van der Waals surface area (Å²) in [5.41, 5.74) is 9.20. The van der Waals surface area contributed by atoms with Gasteiger partial charge in [0.25, 0.3) is 0 Å². The molecule has 0 aliphatic carbocycles. The maximum Gasteiger partial charge on any atom is 0.224 e. The van der Waals surface area contributed by atoms with Crippen LogP contribution in [0, 0.1) is 0 Å². The average molecular weight is 419 g/mol. The molecule has 0 radical (unpaired) electrons. The van der Waals surface area contributed by atoms with Crippen molar-refractivity contribution in [2.24, 2.45) is 15.7 Å². The van der Waals surface area contributed by atoms with Crippen LogP contribution in [0.1, 0.15) is 11.4 Å². The fourth-order valence-corrected chi connectivity index (χ4v) is 3.16. The molecular formula is C21H19ClN8. The van der Waals surface area contributed by atoms with Gasteiger partial charge in [-0.15, -0.1) is 10.2 Å². The number of guanidine groups is 1. The predicted molar refractivity (Wildman–Crippen MR) is 120 cm³/mol. The molecular weight excluding hydrogens is 400 g/mol. The number of aromatic nitrogens is 4. The molecule has 30 heavy (non-hydrogen) atoms. The van der Waals surface area contributed by atoms with Crippen LogP contribution >= 0.6 is 11.6 Å². The number of fused-ring (bicyclic) bond motifs is 1. The van der Waals surface area contributed by atoms with E-state index in [4.69, 9.17) is 17.3 Å². The van der Waals surface area contributed by atoms with Gasteiger partial charge in [0.05, 0.1) is 6.34 Å². The van der Waals surface area contributed by atoms with Gasteiger partial charge < -0.3 is 11.1 Å². The van der Waals surface area contributed by atoms with Crippen molar-refractivity contribution >= 4 is 35.4 Å². The third kappa shape index (κ3) is 4.28. The number of nitrogens with zero attached hydrogens (tertiary/aromatic N) is 6. The summed E-state index contributed by atoms with van der Waals surface area (Å²) in [5.74, 6) is 1.85. The van der Waals surface area contributed by atoms with Gasteiger partial charge in [-0.2, -0.15) is 0 Å². The van der Waals surface area contributed by atoms with E-state index in [1.54, 1.807) is 13.2 Å². The molecule has 0 atom stereocenters. The molecule has 0 aliphatic heterocycles. The summed E-state index contributed by atoms with van der Waals surface area (Å²) >= 11 is 5.97. The number of aliphatic imine (C=N–C) groups is 2. The van der Waals surface area contributed by atoms with Crippen LogP contribution < -0.4 is 11.1 Å². The van der Waals surface area contributed by atoms with E-state index in [0.717, 1.165) is 28.2 Å². The second-order valence-corrected chi connectivity index (χ2v) is 6.88. The fourth-order valence-electron chi connectivity index (χ4n) is 3.03. The topological polar surface area (TPSA) is 106 Å². The van der Waals surface area contributed by atoms with Crippen LogP contribution in [0.2, 0.25) is 5.02 Å². The number of anilines is 1. The molecule has 3 aromatic heterocycles. The Labute approximate surface area is 178 Å². The van der Waals surface area contributed by atoms with Gasteiger partial charge in [-0.3, -0.25) is 9.39 Å². The molecule has 4 aromatic rings. The Balaban J connectivity index is 1.60. The first-order chi connectivity index (χ1) is 14.7. The second kappa shape index (κ2) is 8.71. The number of nitrogens with one attached hydrogen (secondary N) is 1. The summed E-state index contributed by atoms with van der Waals surface area (Å²) in [7, 11) is 1.63. The molecule has 150 valence electrons. The summed E-state index contributed by atoms with van der Waals surface area (Å²) in [5, 5.41) is 12.4. The van der Waals surface area contributed by atoms with E-state index in [9.17, 15) is 0 Å². The van der Waals surface area contributed by atoms with Crippen molar-refractivity contribution in [3.8, 4) is 11.1 Å². The first-order valence-corrected chi connectivity index (χ1v) is 9.56. The molecule has 0 saturated carbocycles. The van der Waals surface area contributed by atoms with E-state index >= 15 is 0 Å².